The lowest BCUT2D eigenvalue weighted by Crippen LogP contribution is -2.27. The van der Waals surface area contributed by atoms with Crippen molar-refractivity contribution in [1.82, 2.24) is 5.32 Å². The van der Waals surface area contributed by atoms with Gasteiger partial charge < -0.3 is 10.1 Å². The van der Waals surface area contributed by atoms with Crippen molar-refractivity contribution in [3.63, 3.8) is 0 Å². The summed E-state index contributed by atoms with van der Waals surface area (Å²) in [6.07, 6.45) is 3.76. The predicted octanol–water partition coefficient (Wildman–Crippen LogP) is 3.40. The lowest BCUT2D eigenvalue weighted by atomic mass is 9.84. The van der Waals surface area contributed by atoms with Crippen LogP contribution in [0.3, 0.4) is 0 Å². The summed E-state index contributed by atoms with van der Waals surface area (Å²) in [5, 5.41) is 3.48. The molecule has 2 nitrogen and oxygen atoms in total. The first kappa shape index (κ1) is 13.6. The zero-order valence-electron chi connectivity index (χ0n) is 11.6. The first-order valence-corrected chi connectivity index (χ1v) is 7.11. The van der Waals surface area contributed by atoms with Crippen molar-refractivity contribution in [1.29, 1.82) is 0 Å². The third-order valence-corrected chi connectivity index (χ3v) is 4.08. The molecule has 1 aromatic carbocycles. The second kappa shape index (κ2) is 6.91. The van der Waals surface area contributed by atoms with E-state index in [0.29, 0.717) is 12.0 Å². The van der Waals surface area contributed by atoms with Crippen LogP contribution < -0.4 is 5.32 Å². The minimum Gasteiger partial charge on any atom is -0.381 e. The second-order valence-corrected chi connectivity index (χ2v) is 5.45. The molecule has 1 aromatic rings. The van der Waals surface area contributed by atoms with E-state index in [1.165, 1.54) is 24.8 Å². The molecule has 0 aliphatic carbocycles. The summed E-state index contributed by atoms with van der Waals surface area (Å²) in [6.45, 7) is 4.27. The zero-order valence-corrected chi connectivity index (χ0v) is 11.6. The molecule has 1 heterocycles. The van der Waals surface area contributed by atoms with Gasteiger partial charge in [0.05, 0.1) is 0 Å². The van der Waals surface area contributed by atoms with E-state index in [-0.39, 0.29) is 0 Å². The molecule has 2 atom stereocenters. The van der Waals surface area contributed by atoms with E-state index >= 15 is 0 Å². The van der Waals surface area contributed by atoms with Crippen LogP contribution in [0.25, 0.3) is 0 Å². The fourth-order valence-electron chi connectivity index (χ4n) is 3.08. The zero-order chi connectivity index (χ0) is 12.8. The van der Waals surface area contributed by atoms with Crippen LogP contribution in [-0.2, 0) is 4.74 Å². The summed E-state index contributed by atoms with van der Waals surface area (Å²) in [7, 11) is 2.07. The van der Waals surface area contributed by atoms with Crippen LogP contribution in [-0.4, -0.2) is 20.3 Å². The average molecular weight is 247 g/mol. The van der Waals surface area contributed by atoms with Gasteiger partial charge >= 0.3 is 0 Å². The molecule has 1 aliphatic heterocycles. The van der Waals surface area contributed by atoms with Gasteiger partial charge in [-0.3, -0.25) is 0 Å². The van der Waals surface area contributed by atoms with E-state index in [4.69, 9.17) is 4.74 Å². The van der Waals surface area contributed by atoms with Gasteiger partial charge in [0.2, 0.25) is 0 Å². The minimum absolute atomic E-state index is 0.467. The summed E-state index contributed by atoms with van der Waals surface area (Å²) in [5.74, 6) is 1.51. The molecule has 18 heavy (non-hydrogen) atoms. The number of hydrogen-bond acceptors (Lipinski definition) is 2. The van der Waals surface area contributed by atoms with Crippen molar-refractivity contribution in [2.24, 2.45) is 11.8 Å². The van der Waals surface area contributed by atoms with Gasteiger partial charge in [-0.1, -0.05) is 37.3 Å². The van der Waals surface area contributed by atoms with Gasteiger partial charge in [-0.05, 0) is 43.7 Å². The standard InChI is InChI=1S/C16H25NO/c1-13(12-14-8-10-18-11-9-14)16(17-2)15-6-4-3-5-7-15/h3-7,13-14,16-17H,8-12H2,1-2H3. The van der Waals surface area contributed by atoms with Gasteiger partial charge in [0.15, 0.2) is 0 Å². The molecule has 2 rings (SSSR count). The minimum atomic E-state index is 0.467. The fourth-order valence-corrected chi connectivity index (χ4v) is 3.08. The molecule has 100 valence electrons. The van der Waals surface area contributed by atoms with Crippen molar-refractivity contribution in [2.45, 2.75) is 32.2 Å². The first-order valence-electron chi connectivity index (χ1n) is 7.11. The fraction of sp³-hybridized carbons (Fsp3) is 0.625. The monoisotopic (exact) mass is 247 g/mol. The number of benzene rings is 1. The predicted molar refractivity (Wildman–Crippen MR) is 75.6 cm³/mol. The summed E-state index contributed by atoms with van der Waals surface area (Å²) < 4.78 is 5.44. The highest BCUT2D eigenvalue weighted by Crippen LogP contribution is 2.30. The molecule has 1 saturated heterocycles. The summed E-state index contributed by atoms with van der Waals surface area (Å²) in [4.78, 5) is 0. The Kier molecular flexibility index (Phi) is 5.21. The number of hydrogen-bond donors (Lipinski definition) is 1. The van der Waals surface area contributed by atoms with Crippen LogP contribution in [0, 0.1) is 11.8 Å². The van der Waals surface area contributed by atoms with Crippen LogP contribution in [0.4, 0.5) is 0 Å². The van der Waals surface area contributed by atoms with E-state index < -0.39 is 0 Å². The van der Waals surface area contributed by atoms with Gasteiger partial charge in [-0.25, -0.2) is 0 Å². The van der Waals surface area contributed by atoms with E-state index in [1.54, 1.807) is 0 Å². The van der Waals surface area contributed by atoms with Crippen LogP contribution in [0.5, 0.6) is 0 Å². The van der Waals surface area contributed by atoms with Gasteiger partial charge in [-0.15, -0.1) is 0 Å². The molecule has 0 spiro atoms. The van der Waals surface area contributed by atoms with Crippen molar-refractivity contribution >= 4 is 0 Å². The lowest BCUT2D eigenvalue weighted by molar-refractivity contribution is 0.0574. The Hall–Kier alpha value is -0.860. The smallest absolute Gasteiger partial charge is 0.0468 e. The Morgan fingerprint density at radius 1 is 1.22 bits per heavy atom. The molecule has 2 heteroatoms. The molecule has 0 radical (unpaired) electrons. The topological polar surface area (TPSA) is 21.3 Å². The number of rotatable bonds is 5. The van der Waals surface area contributed by atoms with Gasteiger partial charge in [0.25, 0.3) is 0 Å². The number of nitrogens with one attached hydrogen (secondary N) is 1. The van der Waals surface area contributed by atoms with E-state index in [1.807, 2.05) is 0 Å². The van der Waals surface area contributed by atoms with Crippen LogP contribution >= 0.6 is 0 Å². The van der Waals surface area contributed by atoms with Crippen LogP contribution in [0.15, 0.2) is 30.3 Å². The SMILES string of the molecule is CNC(c1ccccc1)C(C)CC1CCOCC1. The summed E-state index contributed by atoms with van der Waals surface area (Å²) in [5.41, 5.74) is 1.40. The first-order chi connectivity index (χ1) is 8.81. The second-order valence-electron chi connectivity index (χ2n) is 5.45. The maximum absolute atomic E-state index is 5.44. The highest BCUT2D eigenvalue weighted by molar-refractivity contribution is 5.19. The van der Waals surface area contributed by atoms with E-state index in [0.717, 1.165) is 19.1 Å². The van der Waals surface area contributed by atoms with Crippen molar-refractivity contribution in [2.75, 3.05) is 20.3 Å². The Labute approximate surface area is 111 Å². The van der Waals surface area contributed by atoms with Crippen molar-refractivity contribution in [3.05, 3.63) is 35.9 Å². The molecule has 1 aliphatic rings. The Morgan fingerprint density at radius 3 is 2.50 bits per heavy atom. The van der Waals surface area contributed by atoms with Gasteiger partial charge in [0, 0.05) is 19.3 Å². The Morgan fingerprint density at radius 2 is 1.89 bits per heavy atom. The average Bonchev–Trinajstić information content (AvgIpc) is 2.42. The highest BCUT2D eigenvalue weighted by atomic mass is 16.5. The van der Waals surface area contributed by atoms with Crippen LogP contribution in [0.1, 0.15) is 37.8 Å². The maximum Gasteiger partial charge on any atom is 0.0468 e. The van der Waals surface area contributed by atoms with Gasteiger partial charge in [0.1, 0.15) is 0 Å². The van der Waals surface area contributed by atoms with Crippen LogP contribution in [0.2, 0.25) is 0 Å². The Balaban J connectivity index is 1.94. The molecule has 0 saturated carbocycles. The van der Waals surface area contributed by atoms with E-state index in [9.17, 15) is 0 Å². The normalized spacial score (nSPS) is 20.6. The molecular weight excluding hydrogens is 222 g/mol. The molecule has 0 amide bonds. The van der Waals surface area contributed by atoms with Crippen molar-refractivity contribution < 1.29 is 4.74 Å². The largest absolute Gasteiger partial charge is 0.381 e. The molecule has 2 unspecified atom stereocenters. The molecule has 0 bridgehead atoms. The summed E-state index contributed by atoms with van der Waals surface area (Å²) in [6, 6.07) is 11.2. The number of ether oxygens (including phenoxy) is 1. The van der Waals surface area contributed by atoms with Crippen molar-refractivity contribution in [3.8, 4) is 0 Å². The quantitative estimate of drug-likeness (QED) is 0.861. The molecule has 0 aromatic heterocycles. The third-order valence-electron chi connectivity index (χ3n) is 4.08. The molecule has 1 N–H and O–H groups in total. The lowest BCUT2D eigenvalue weighted by Gasteiger charge is -2.29. The highest BCUT2D eigenvalue weighted by Gasteiger charge is 2.22. The Bertz CT molecular complexity index is 332. The molecular formula is C16H25NO. The van der Waals surface area contributed by atoms with E-state index in [2.05, 4.69) is 49.6 Å². The van der Waals surface area contributed by atoms with Gasteiger partial charge in [-0.2, -0.15) is 0 Å². The maximum atomic E-state index is 5.44. The third kappa shape index (κ3) is 3.56. The molecule has 1 fully saturated rings. The summed E-state index contributed by atoms with van der Waals surface area (Å²) >= 11 is 0.